The van der Waals surface area contributed by atoms with E-state index < -0.39 is 25.2 Å². The smallest absolute Gasteiger partial charge is 0.391 e. The second kappa shape index (κ2) is 5.58. The van der Waals surface area contributed by atoms with Crippen LogP contribution in [0.25, 0.3) is 0 Å². The van der Waals surface area contributed by atoms with Gasteiger partial charge in [-0.1, -0.05) is 6.08 Å². The van der Waals surface area contributed by atoms with Crippen LogP contribution in [0.1, 0.15) is 6.42 Å². The lowest BCUT2D eigenvalue weighted by Crippen LogP contribution is -2.11. The molecule has 0 aromatic rings. The minimum atomic E-state index is -4.23. The number of rotatable bonds is 5. The summed E-state index contributed by atoms with van der Waals surface area (Å²) in [4.78, 5) is 9.87. The van der Waals surface area contributed by atoms with Crippen molar-refractivity contribution in [2.24, 2.45) is 0 Å². The lowest BCUT2D eigenvalue weighted by molar-refractivity contribution is -0.144. The van der Waals surface area contributed by atoms with Crippen LogP contribution >= 0.6 is 0 Å². The molecule has 0 bridgehead atoms. The number of hydrogen-bond acceptors (Lipinski definition) is 2. The molecule has 0 rings (SSSR count). The maximum Gasteiger partial charge on any atom is 0.391 e. The number of aliphatic carboxylic acids is 1. The van der Waals surface area contributed by atoms with Crippen molar-refractivity contribution in [3.05, 3.63) is 12.2 Å². The first kappa shape index (κ1) is 12.0. The molecule has 0 saturated carbocycles. The Bertz CT molecular complexity index is 186. The van der Waals surface area contributed by atoms with E-state index in [0.29, 0.717) is 0 Å². The Morgan fingerprint density at radius 1 is 1.46 bits per heavy atom. The molecule has 0 fully saturated rings. The zero-order valence-electron chi connectivity index (χ0n) is 6.67. The van der Waals surface area contributed by atoms with Gasteiger partial charge in [0.05, 0.1) is 19.6 Å². The summed E-state index contributed by atoms with van der Waals surface area (Å²) >= 11 is 0. The van der Waals surface area contributed by atoms with Gasteiger partial charge in [-0.25, -0.2) is 4.79 Å². The van der Waals surface area contributed by atoms with Crippen LogP contribution in [0.2, 0.25) is 0 Å². The first-order chi connectivity index (χ1) is 5.92. The summed E-state index contributed by atoms with van der Waals surface area (Å²) in [7, 11) is 0. The van der Waals surface area contributed by atoms with Crippen molar-refractivity contribution >= 4 is 5.97 Å². The van der Waals surface area contributed by atoms with Crippen molar-refractivity contribution in [1.29, 1.82) is 0 Å². The van der Waals surface area contributed by atoms with Crippen molar-refractivity contribution < 1.29 is 27.8 Å². The molecule has 1 N–H and O–H groups in total. The largest absolute Gasteiger partial charge is 0.478 e. The predicted molar refractivity (Wildman–Crippen MR) is 38.3 cm³/mol. The lowest BCUT2D eigenvalue weighted by atomic mass is 10.4. The summed E-state index contributed by atoms with van der Waals surface area (Å²) in [5.74, 6) is -1.15. The fraction of sp³-hybridized carbons (Fsp3) is 0.571. The van der Waals surface area contributed by atoms with Crippen molar-refractivity contribution in [3.8, 4) is 0 Å². The van der Waals surface area contributed by atoms with E-state index in [2.05, 4.69) is 4.74 Å². The molecule has 0 heterocycles. The van der Waals surface area contributed by atoms with E-state index in [1.54, 1.807) is 0 Å². The molecular weight excluding hydrogens is 189 g/mol. The fourth-order valence-corrected chi connectivity index (χ4v) is 0.488. The summed E-state index contributed by atoms with van der Waals surface area (Å²) in [5.41, 5.74) is 0. The van der Waals surface area contributed by atoms with Crippen molar-refractivity contribution in [1.82, 2.24) is 0 Å². The molecular formula is C7H9F3O3. The summed E-state index contributed by atoms with van der Waals surface area (Å²) in [6.07, 6.45) is -3.29. The van der Waals surface area contributed by atoms with E-state index in [1.807, 2.05) is 0 Å². The van der Waals surface area contributed by atoms with E-state index in [-0.39, 0.29) is 6.61 Å². The van der Waals surface area contributed by atoms with Crippen LogP contribution in [0, 0.1) is 0 Å². The molecule has 0 aromatic carbocycles. The molecule has 0 atom stereocenters. The van der Waals surface area contributed by atoms with Gasteiger partial charge in [-0.2, -0.15) is 13.2 Å². The molecule has 0 radical (unpaired) electrons. The second-order valence-corrected chi connectivity index (χ2v) is 2.18. The molecule has 0 aromatic heterocycles. The maximum atomic E-state index is 11.5. The zero-order chi connectivity index (χ0) is 10.3. The summed E-state index contributed by atoms with van der Waals surface area (Å²) in [5, 5.41) is 8.08. The van der Waals surface area contributed by atoms with Gasteiger partial charge in [0.25, 0.3) is 0 Å². The average molecular weight is 198 g/mol. The molecule has 0 amide bonds. The van der Waals surface area contributed by atoms with Gasteiger partial charge in [-0.05, 0) is 0 Å². The SMILES string of the molecule is O=C(O)/C=C/COCCC(F)(F)F. The van der Waals surface area contributed by atoms with E-state index in [0.717, 1.165) is 12.2 Å². The summed E-state index contributed by atoms with van der Waals surface area (Å²) < 4.78 is 39.0. The molecule has 0 saturated heterocycles. The van der Waals surface area contributed by atoms with Gasteiger partial charge >= 0.3 is 12.1 Å². The standard InChI is InChI=1S/C7H9F3O3/c8-7(9,10)3-5-13-4-1-2-6(11)12/h1-2H,3-5H2,(H,11,12)/b2-1+. The molecule has 0 aliphatic rings. The van der Waals surface area contributed by atoms with Crippen LogP contribution in [0.3, 0.4) is 0 Å². The van der Waals surface area contributed by atoms with Crippen LogP contribution < -0.4 is 0 Å². The number of halogens is 3. The Morgan fingerprint density at radius 3 is 2.54 bits per heavy atom. The quantitative estimate of drug-likeness (QED) is 0.539. The first-order valence-corrected chi connectivity index (χ1v) is 3.46. The summed E-state index contributed by atoms with van der Waals surface area (Å²) in [6, 6.07) is 0. The lowest BCUT2D eigenvalue weighted by Gasteiger charge is -2.04. The minimum Gasteiger partial charge on any atom is -0.478 e. The van der Waals surface area contributed by atoms with E-state index in [1.165, 1.54) is 0 Å². The molecule has 0 aliphatic heterocycles. The van der Waals surface area contributed by atoms with Gasteiger partial charge in [0.15, 0.2) is 0 Å². The molecule has 76 valence electrons. The number of alkyl halides is 3. The van der Waals surface area contributed by atoms with Crippen LogP contribution in [0.15, 0.2) is 12.2 Å². The number of hydrogen-bond donors (Lipinski definition) is 1. The molecule has 6 heteroatoms. The fourth-order valence-electron chi connectivity index (χ4n) is 0.488. The number of carboxylic acids is 1. The molecule has 13 heavy (non-hydrogen) atoms. The van der Waals surface area contributed by atoms with Crippen LogP contribution in [0.5, 0.6) is 0 Å². The van der Waals surface area contributed by atoms with E-state index in [4.69, 9.17) is 5.11 Å². The van der Waals surface area contributed by atoms with Gasteiger partial charge in [0.2, 0.25) is 0 Å². The Labute approximate surface area is 72.8 Å². The molecule has 0 unspecified atom stereocenters. The Kier molecular flexibility index (Phi) is 5.13. The third-order valence-electron chi connectivity index (χ3n) is 1.00. The Hall–Kier alpha value is -1.04. The number of carboxylic acid groups (broad SMARTS) is 1. The molecule has 3 nitrogen and oxygen atoms in total. The highest BCUT2D eigenvalue weighted by Crippen LogP contribution is 2.18. The van der Waals surface area contributed by atoms with Crippen LogP contribution in [-0.2, 0) is 9.53 Å². The second-order valence-electron chi connectivity index (χ2n) is 2.18. The van der Waals surface area contributed by atoms with E-state index >= 15 is 0 Å². The highest BCUT2D eigenvalue weighted by atomic mass is 19.4. The molecule has 0 aliphatic carbocycles. The zero-order valence-corrected chi connectivity index (χ0v) is 6.67. The third kappa shape index (κ3) is 11.0. The predicted octanol–water partition coefficient (Wildman–Crippen LogP) is 1.60. The van der Waals surface area contributed by atoms with Crippen molar-refractivity contribution in [3.63, 3.8) is 0 Å². The van der Waals surface area contributed by atoms with Crippen LogP contribution in [-0.4, -0.2) is 30.5 Å². The van der Waals surface area contributed by atoms with Gasteiger partial charge in [0, 0.05) is 6.08 Å². The Balaban J connectivity index is 3.32. The number of carbonyl (C=O) groups is 1. The highest BCUT2D eigenvalue weighted by Gasteiger charge is 2.26. The van der Waals surface area contributed by atoms with Gasteiger partial charge < -0.3 is 9.84 Å². The van der Waals surface area contributed by atoms with Crippen LogP contribution in [0.4, 0.5) is 13.2 Å². The monoisotopic (exact) mass is 198 g/mol. The maximum absolute atomic E-state index is 11.5. The topological polar surface area (TPSA) is 46.5 Å². The van der Waals surface area contributed by atoms with Crippen molar-refractivity contribution in [2.75, 3.05) is 13.2 Å². The number of ether oxygens (including phenoxy) is 1. The Morgan fingerprint density at radius 2 is 2.08 bits per heavy atom. The van der Waals surface area contributed by atoms with Gasteiger partial charge in [-0.3, -0.25) is 0 Å². The van der Waals surface area contributed by atoms with E-state index in [9.17, 15) is 18.0 Å². The van der Waals surface area contributed by atoms with Crippen molar-refractivity contribution in [2.45, 2.75) is 12.6 Å². The highest BCUT2D eigenvalue weighted by molar-refractivity contribution is 5.79. The first-order valence-electron chi connectivity index (χ1n) is 3.46. The minimum absolute atomic E-state index is 0.123. The third-order valence-corrected chi connectivity index (χ3v) is 1.00. The normalized spacial score (nSPS) is 12.2. The average Bonchev–Trinajstić information content (AvgIpc) is 1.93. The van der Waals surface area contributed by atoms with Gasteiger partial charge in [0.1, 0.15) is 0 Å². The molecule has 0 spiro atoms. The summed E-state index contributed by atoms with van der Waals surface area (Å²) in [6.45, 7) is -0.574. The van der Waals surface area contributed by atoms with Gasteiger partial charge in [-0.15, -0.1) is 0 Å².